The van der Waals surface area contributed by atoms with Crippen LogP contribution in [0.15, 0.2) is 91.5 Å². The second-order valence-corrected chi connectivity index (χ2v) is 22.7. The average molecular weight is 1230 g/mol. The lowest BCUT2D eigenvalue weighted by Gasteiger charge is -2.37. The highest BCUT2D eigenvalue weighted by Gasteiger charge is 2.61. The van der Waals surface area contributed by atoms with Crippen LogP contribution in [-0.2, 0) is 29.4 Å². The van der Waals surface area contributed by atoms with E-state index in [-0.39, 0.29) is 123 Å². The van der Waals surface area contributed by atoms with Gasteiger partial charge in [-0.05, 0) is 78.1 Å². The molecule has 2 fully saturated rings. The summed E-state index contributed by atoms with van der Waals surface area (Å²) < 4.78 is 75.2. The van der Waals surface area contributed by atoms with E-state index in [0.717, 1.165) is 12.1 Å². The number of ether oxygens (including phenoxy) is 2. The summed E-state index contributed by atoms with van der Waals surface area (Å²) in [6, 6.07) is 17.3. The van der Waals surface area contributed by atoms with E-state index in [1.807, 2.05) is 25.7 Å². The number of carbonyl (C=O) groups excluding carboxylic acids is 4. The molecule has 0 unspecified atom stereocenters. The molecule has 85 heavy (non-hydrogen) atoms. The van der Waals surface area contributed by atoms with Gasteiger partial charge in [0.1, 0.15) is 45.7 Å². The Labute approximate surface area is 502 Å². The standard InChI is InChI=1S/C60H61Cl3F4N10O8/c1-7-46(79)76-20-22-77(23-21-76)55-36-30-39(63)48(49-40(64)12-9-13-43(49)78)52(67)53(36)72-58(73-55)69-19-18-47(80)75(5)24-25-84-26-27-85-74-56(81)33-14-17-42(44(28-33)83-6)70-57(82)54-50(35-10-8-11-38(62)51(35)66)60(32-68,45(71-54)31-59(2,3)4)37-16-15-34(61)29-41(37)65/h7-17,28-30,45,50,54,71,78H,1,18-27,31H2,2-6H3,(H,70,82)(H,74,81)(H,69,72,73)/t45-,50-,54+,60-/m0/s1. The second kappa shape index (κ2) is 27.1. The number of carbonyl (C=O) groups is 4. The largest absolute Gasteiger partial charge is 0.507 e. The average Bonchev–Trinajstić information content (AvgIpc) is 1.67. The number of phenols is 1. The Balaban J connectivity index is 0.847. The van der Waals surface area contributed by atoms with Gasteiger partial charge in [-0.15, -0.1) is 0 Å². The van der Waals surface area contributed by atoms with Gasteiger partial charge in [-0.3, -0.25) is 24.0 Å². The number of nitrogens with one attached hydrogen (secondary N) is 4. The predicted octanol–water partition coefficient (Wildman–Crippen LogP) is 9.96. The Bertz CT molecular complexity index is 3560. The number of aromatic hydroxyl groups is 1. The van der Waals surface area contributed by atoms with Gasteiger partial charge >= 0.3 is 0 Å². The first-order valence-corrected chi connectivity index (χ1v) is 28.0. The number of halogens is 7. The summed E-state index contributed by atoms with van der Waals surface area (Å²) in [6.45, 7) is 10.8. The lowest BCUT2D eigenvalue weighted by molar-refractivity contribution is -0.130. The SMILES string of the molecule is C=CC(=O)N1CCN(c2nc(NCCC(=O)N(C)CCOCCONC(=O)c3ccc(NC(=O)[C@@H]4N[C@@H](CC(C)(C)C)[C@](C#N)(c5ccc(Cl)cc5F)[C@H]4c4cccc(Cl)c4F)c(OC)c3)nc3c(F)c(-c4c(O)cccc4F)c(Cl)cc23)CC1. The van der Waals surface area contributed by atoms with Crippen LogP contribution in [0.5, 0.6) is 11.5 Å². The van der Waals surface area contributed by atoms with Crippen LogP contribution in [0.2, 0.25) is 15.1 Å². The smallest absolute Gasteiger partial charge is 0.274 e. The van der Waals surface area contributed by atoms with Crippen molar-refractivity contribution in [2.24, 2.45) is 5.41 Å². The summed E-state index contributed by atoms with van der Waals surface area (Å²) in [5.74, 6) is -7.10. The van der Waals surface area contributed by atoms with Gasteiger partial charge in [0.2, 0.25) is 23.7 Å². The Morgan fingerprint density at radius 2 is 1.66 bits per heavy atom. The molecule has 1 aromatic heterocycles. The molecule has 4 atom stereocenters. The first kappa shape index (κ1) is 63.2. The molecule has 5 N–H and O–H groups in total. The van der Waals surface area contributed by atoms with Crippen LogP contribution in [0, 0.1) is 40.0 Å². The number of nitrogens with zero attached hydrogens (tertiary/aromatic N) is 6. The number of phenolic OH excluding ortho intramolecular Hbond substituents is 1. The molecule has 25 heteroatoms. The fourth-order valence-corrected chi connectivity index (χ4v) is 11.3. The number of hydrogen-bond donors (Lipinski definition) is 5. The molecule has 0 spiro atoms. The number of benzene rings is 5. The van der Waals surface area contributed by atoms with Gasteiger partial charge < -0.3 is 45.2 Å². The van der Waals surface area contributed by atoms with Crippen molar-refractivity contribution in [1.29, 1.82) is 5.26 Å². The van der Waals surface area contributed by atoms with E-state index in [0.29, 0.717) is 26.2 Å². The molecule has 448 valence electrons. The van der Waals surface area contributed by atoms with Crippen LogP contribution in [0.1, 0.15) is 61.0 Å². The van der Waals surface area contributed by atoms with E-state index < -0.39 is 80.8 Å². The van der Waals surface area contributed by atoms with Crippen molar-refractivity contribution in [3.63, 3.8) is 0 Å². The summed E-state index contributed by atoms with van der Waals surface area (Å²) in [5, 5.41) is 30.6. The first-order valence-electron chi connectivity index (χ1n) is 26.9. The van der Waals surface area contributed by atoms with E-state index in [2.05, 4.69) is 44.0 Å². The van der Waals surface area contributed by atoms with E-state index >= 15 is 17.6 Å². The van der Waals surface area contributed by atoms with Gasteiger partial charge in [0, 0.05) is 91.8 Å². The maximum Gasteiger partial charge on any atom is 0.274 e. The number of amides is 4. The van der Waals surface area contributed by atoms with E-state index in [4.69, 9.17) is 49.1 Å². The number of anilines is 3. The molecule has 18 nitrogen and oxygen atoms in total. The third kappa shape index (κ3) is 13.8. The minimum Gasteiger partial charge on any atom is -0.507 e. The highest BCUT2D eigenvalue weighted by atomic mass is 35.5. The number of aromatic nitrogens is 2. The Morgan fingerprint density at radius 3 is 2.34 bits per heavy atom. The van der Waals surface area contributed by atoms with Gasteiger partial charge in [0.15, 0.2) is 5.82 Å². The van der Waals surface area contributed by atoms with Crippen LogP contribution >= 0.6 is 34.8 Å². The lowest BCUT2D eigenvalue weighted by atomic mass is 9.62. The van der Waals surface area contributed by atoms with Gasteiger partial charge in [-0.1, -0.05) is 86.4 Å². The van der Waals surface area contributed by atoms with Crippen molar-refractivity contribution in [2.75, 3.05) is 88.8 Å². The number of methoxy groups -OCH3 is 1. The van der Waals surface area contributed by atoms with E-state index in [1.54, 1.807) is 11.9 Å². The Morgan fingerprint density at radius 1 is 0.918 bits per heavy atom. The summed E-state index contributed by atoms with van der Waals surface area (Å²) in [4.78, 5) is 72.6. The number of hydroxylamine groups is 1. The highest BCUT2D eigenvalue weighted by Crippen LogP contribution is 2.53. The molecule has 0 saturated carbocycles. The summed E-state index contributed by atoms with van der Waals surface area (Å²) >= 11 is 19.0. The molecule has 4 amide bonds. The number of likely N-dealkylation sites (N-methyl/N-ethyl adjacent to an activating group) is 1. The lowest BCUT2D eigenvalue weighted by Crippen LogP contribution is -2.48. The van der Waals surface area contributed by atoms with Crippen molar-refractivity contribution in [3.8, 4) is 28.7 Å². The number of hydrogen-bond acceptors (Lipinski definition) is 14. The molecule has 5 aromatic carbocycles. The molecule has 3 heterocycles. The van der Waals surface area contributed by atoms with Crippen molar-refractivity contribution in [2.45, 2.75) is 57.0 Å². The number of rotatable bonds is 21. The first-order chi connectivity index (χ1) is 40.5. The van der Waals surface area contributed by atoms with Crippen LogP contribution in [0.25, 0.3) is 22.0 Å². The van der Waals surface area contributed by atoms with Gasteiger partial charge in [-0.2, -0.15) is 10.2 Å². The molecule has 0 bridgehead atoms. The van der Waals surface area contributed by atoms with E-state index in [1.165, 1.54) is 84.8 Å². The molecule has 0 aliphatic carbocycles. The molecule has 8 rings (SSSR count). The number of piperazine rings is 1. The zero-order valence-electron chi connectivity index (χ0n) is 46.9. The van der Waals surface area contributed by atoms with Crippen LogP contribution in [0.3, 0.4) is 0 Å². The fraction of sp³-hybridized carbons (Fsp3) is 0.350. The fourth-order valence-electron chi connectivity index (χ4n) is 10.6. The normalized spacial score (nSPS) is 17.8. The topological polar surface area (TPSA) is 224 Å². The molecule has 6 aromatic rings. The Hall–Kier alpha value is -7.78. The molecule has 2 aliphatic heterocycles. The zero-order valence-corrected chi connectivity index (χ0v) is 49.2. The molecule has 2 aliphatic rings. The number of nitriles is 1. The maximum absolute atomic E-state index is 16.6. The van der Waals surface area contributed by atoms with Crippen molar-refractivity contribution < 1.29 is 56.2 Å². The predicted molar refractivity (Wildman–Crippen MR) is 315 cm³/mol. The van der Waals surface area contributed by atoms with Crippen molar-refractivity contribution in [3.05, 3.63) is 147 Å². The molecule has 0 radical (unpaired) electrons. The van der Waals surface area contributed by atoms with Crippen molar-refractivity contribution in [1.82, 2.24) is 30.6 Å². The Kier molecular flexibility index (Phi) is 20.1. The highest BCUT2D eigenvalue weighted by molar-refractivity contribution is 6.34. The van der Waals surface area contributed by atoms with Gasteiger partial charge in [-0.25, -0.2) is 28.0 Å². The quantitative estimate of drug-likeness (QED) is 0.0196. The third-order valence-electron chi connectivity index (χ3n) is 14.7. The second-order valence-electron chi connectivity index (χ2n) is 21.4. The number of fused-ring (bicyclic) bond motifs is 1. The van der Waals surface area contributed by atoms with Crippen molar-refractivity contribution >= 4 is 86.8 Å². The minimum atomic E-state index is -1.86. The zero-order chi connectivity index (χ0) is 61.5. The monoisotopic (exact) mass is 1230 g/mol. The summed E-state index contributed by atoms with van der Waals surface area (Å²) in [7, 11) is 2.90. The van der Waals surface area contributed by atoms with Crippen LogP contribution in [0.4, 0.5) is 35.0 Å². The summed E-state index contributed by atoms with van der Waals surface area (Å²) in [5.41, 5.74) is -1.05. The third-order valence-corrected chi connectivity index (χ3v) is 15.6. The molecular formula is C60H61Cl3F4N10O8. The van der Waals surface area contributed by atoms with E-state index in [9.17, 15) is 29.5 Å². The van der Waals surface area contributed by atoms with Gasteiger partial charge in [0.25, 0.3) is 5.91 Å². The van der Waals surface area contributed by atoms with Crippen LogP contribution in [-0.4, -0.2) is 134 Å². The minimum absolute atomic E-state index is 0.0169. The maximum atomic E-state index is 16.6. The summed E-state index contributed by atoms with van der Waals surface area (Å²) in [6.07, 6.45) is 1.43. The molecule has 2 saturated heterocycles. The van der Waals surface area contributed by atoms with Crippen LogP contribution < -0.4 is 31.1 Å². The molecular weight excluding hydrogens is 1170 g/mol. The van der Waals surface area contributed by atoms with Gasteiger partial charge in [0.05, 0.1) is 60.3 Å².